The van der Waals surface area contributed by atoms with Crippen molar-refractivity contribution < 1.29 is 19.1 Å². The lowest BCUT2D eigenvalue weighted by molar-refractivity contribution is -0.156. The van der Waals surface area contributed by atoms with Gasteiger partial charge in [-0.25, -0.2) is 4.79 Å². The summed E-state index contributed by atoms with van der Waals surface area (Å²) in [6.07, 6.45) is -1.10. The number of hydrogen-bond donors (Lipinski definition) is 2. The average molecular weight is 399 g/mol. The number of amides is 2. The van der Waals surface area contributed by atoms with Gasteiger partial charge in [0.2, 0.25) is 0 Å². The van der Waals surface area contributed by atoms with Crippen molar-refractivity contribution >= 4 is 34.8 Å². The molecule has 146 valence electrons. The van der Waals surface area contributed by atoms with E-state index in [4.69, 9.17) is 10.00 Å². The van der Waals surface area contributed by atoms with E-state index in [1.807, 2.05) is 6.07 Å². The third-order valence-corrected chi connectivity index (χ3v) is 4.79. The molecule has 2 atom stereocenters. The second-order valence-corrected chi connectivity index (χ2v) is 7.35. The van der Waals surface area contributed by atoms with Gasteiger partial charge in [-0.3, -0.25) is 9.59 Å². The molecule has 7 nitrogen and oxygen atoms in total. The maximum absolute atomic E-state index is 12.5. The van der Waals surface area contributed by atoms with Gasteiger partial charge in [0, 0.05) is 0 Å². The average Bonchev–Trinajstić information content (AvgIpc) is 3.20. The molecule has 0 radical (unpaired) electrons. The summed E-state index contributed by atoms with van der Waals surface area (Å²) < 4.78 is 5.25. The number of carbonyl (C=O) groups is 3. The molecule has 28 heavy (non-hydrogen) atoms. The summed E-state index contributed by atoms with van der Waals surface area (Å²) in [5, 5.41) is 16.1. The van der Waals surface area contributed by atoms with Crippen molar-refractivity contribution in [1.82, 2.24) is 5.32 Å². The number of benzene rings is 1. The Morgan fingerprint density at radius 1 is 1.11 bits per heavy atom. The fraction of sp³-hybridized carbons (Fsp3) is 0.300. The first-order valence-corrected chi connectivity index (χ1v) is 9.56. The van der Waals surface area contributed by atoms with Gasteiger partial charge in [0.15, 0.2) is 6.10 Å². The lowest BCUT2D eigenvalue weighted by atomic mass is 10.0. The van der Waals surface area contributed by atoms with E-state index in [1.165, 1.54) is 18.3 Å². The van der Waals surface area contributed by atoms with Crippen molar-refractivity contribution in [3.63, 3.8) is 0 Å². The van der Waals surface area contributed by atoms with E-state index in [9.17, 15) is 14.4 Å². The van der Waals surface area contributed by atoms with E-state index in [2.05, 4.69) is 10.6 Å². The number of thiophene rings is 1. The van der Waals surface area contributed by atoms with Gasteiger partial charge in [-0.1, -0.05) is 32.0 Å². The summed E-state index contributed by atoms with van der Waals surface area (Å²) in [5.41, 5.74) is 0.641. The molecule has 0 aliphatic heterocycles. The largest absolute Gasteiger partial charge is 0.451 e. The Labute approximate surface area is 167 Å². The number of esters is 1. The zero-order chi connectivity index (χ0) is 20.7. The minimum absolute atomic E-state index is 0.231. The number of carbonyl (C=O) groups excluding carboxylic acids is 3. The molecule has 0 aliphatic rings. The Bertz CT molecular complexity index is 887. The van der Waals surface area contributed by atoms with Gasteiger partial charge in [-0.15, -0.1) is 11.3 Å². The summed E-state index contributed by atoms with van der Waals surface area (Å²) in [6.45, 7) is 4.98. The highest BCUT2D eigenvalue weighted by Gasteiger charge is 2.29. The second kappa shape index (κ2) is 9.67. The summed E-state index contributed by atoms with van der Waals surface area (Å²) in [6, 6.07) is 11.0. The Hall–Kier alpha value is -3.18. The minimum atomic E-state index is -1.10. The fourth-order valence-corrected chi connectivity index (χ4v) is 2.97. The highest BCUT2D eigenvalue weighted by atomic mass is 32.1. The standard InChI is InChI=1S/C20H21N3O4S/c1-12(2)17(23-19(25)16-9-6-10-28-16)20(26)27-13(3)18(24)22-15-8-5-4-7-14(15)11-21/h4-10,12-13,17H,1-3H3,(H,22,24)(H,23,25)/t13-,17-/m1/s1. The third kappa shape index (κ3) is 5.41. The first-order valence-electron chi connectivity index (χ1n) is 8.68. The van der Waals surface area contributed by atoms with E-state index in [1.54, 1.807) is 55.6 Å². The summed E-state index contributed by atoms with van der Waals surface area (Å²) >= 11 is 1.27. The van der Waals surface area contributed by atoms with Crippen LogP contribution in [-0.2, 0) is 14.3 Å². The number of nitriles is 1. The Morgan fingerprint density at radius 2 is 1.82 bits per heavy atom. The van der Waals surface area contributed by atoms with Crippen molar-refractivity contribution in [2.45, 2.75) is 32.9 Å². The van der Waals surface area contributed by atoms with Gasteiger partial charge in [-0.05, 0) is 36.4 Å². The van der Waals surface area contributed by atoms with E-state index in [-0.39, 0.29) is 11.8 Å². The van der Waals surface area contributed by atoms with Gasteiger partial charge >= 0.3 is 5.97 Å². The molecule has 0 aliphatic carbocycles. The fourth-order valence-electron chi connectivity index (χ4n) is 2.34. The van der Waals surface area contributed by atoms with Gasteiger partial charge in [0.25, 0.3) is 11.8 Å². The molecule has 1 heterocycles. The van der Waals surface area contributed by atoms with Crippen LogP contribution in [0.5, 0.6) is 0 Å². The molecule has 0 spiro atoms. The predicted octanol–water partition coefficient (Wildman–Crippen LogP) is 2.94. The second-order valence-electron chi connectivity index (χ2n) is 6.40. The molecule has 2 aromatic rings. The topological polar surface area (TPSA) is 108 Å². The number of hydrogen-bond acceptors (Lipinski definition) is 6. The molecule has 8 heteroatoms. The Balaban J connectivity index is 2.00. The van der Waals surface area contributed by atoms with Crippen molar-refractivity contribution in [3.8, 4) is 6.07 Å². The highest BCUT2D eigenvalue weighted by Crippen LogP contribution is 2.15. The van der Waals surface area contributed by atoms with E-state index < -0.39 is 24.0 Å². The highest BCUT2D eigenvalue weighted by molar-refractivity contribution is 7.12. The molecule has 2 amide bonds. The van der Waals surface area contributed by atoms with Gasteiger partial charge in [0.1, 0.15) is 12.1 Å². The van der Waals surface area contributed by atoms with Crippen LogP contribution in [0, 0.1) is 17.2 Å². The van der Waals surface area contributed by atoms with Crippen LogP contribution >= 0.6 is 11.3 Å². The van der Waals surface area contributed by atoms with E-state index in [0.717, 1.165) is 0 Å². The van der Waals surface area contributed by atoms with Crippen LogP contribution < -0.4 is 10.6 Å². The molecule has 2 N–H and O–H groups in total. The van der Waals surface area contributed by atoms with Crippen LogP contribution in [0.2, 0.25) is 0 Å². The number of rotatable bonds is 7. The molecule has 1 aromatic heterocycles. The number of para-hydroxylation sites is 1. The maximum atomic E-state index is 12.5. The van der Waals surface area contributed by atoms with Crippen molar-refractivity contribution in [1.29, 1.82) is 5.26 Å². The quantitative estimate of drug-likeness (QED) is 0.696. The van der Waals surface area contributed by atoms with Crippen LogP contribution in [0.15, 0.2) is 41.8 Å². The number of nitrogens with one attached hydrogen (secondary N) is 2. The zero-order valence-corrected chi connectivity index (χ0v) is 16.6. The normalized spacial score (nSPS) is 12.5. The third-order valence-electron chi connectivity index (χ3n) is 3.92. The molecular weight excluding hydrogens is 378 g/mol. The van der Waals surface area contributed by atoms with Crippen molar-refractivity contribution in [2.24, 2.45) is 5.92 Å². The van der Waals surface area contributed by atoms with Crippen LogP contribution in [0.4, 0.5) is 5.69 Å². The molecule has 0 unspecified atom stereocenters. The maximum Gasteiger partial charge on any atom is 0.329 e. The van der Waals surface area contributed by atoms with E-state index >= 15 is 0 Å². The first-order chi connectivity index (χ1) is 13.3. The number of ether oxygens (including phenoxy) is 1. The predicted molar refractivity (Wildman–Crippen MR) is 106 cm³/mol. The summed E-state index contributed by atoms with van der Waals surface area (Å²) in [7, 11) is 0. The molecule has 0 saturated heterocycles. The molecular formula is C20H21N3O4S. The number of nitrogens with zero attached hydrogens (tertiary/aromatic N) is 1. The Morgan fingerprint density at radius 3 is 2.43 bits per heavy atom. The zero-order valence-electron chi connectivity index (χ0n) is 15.8. The van der Waals surface area contributed by atoms with Gasteiger partial charge in [0.05, 0.1) is 16.1 Å². The van der Waals surface area contributed by atoms with E-state index in [0.29, 0.717) is 16.1 Å². The van der Waals surface area contributed by atoms with Crippen molar-refractivity contribution in [2.75, 3.05) is 5.32 Å². The molecule has 2 rings (SSSR count). The molecule has 1 aromatic carbocycles. The summed E-state index contributed by atoms with van der Waals surface area (Å²) in [4.78, 5) is 37.6. The Kier molecular flexibility index (Phi) is 7.29. The van der Waals surface area contributed by atoms with Gasteiger partial charge in [-0.2, -0.15) is 5.26 Å². The van der Waals surface area contributed by atoms with Crippen LogP contribution in [0.1, 0.15) is 36.0 Å². The molecule has 0 fully saturated rings. The smallest absolute Gasteiger partial charge is 0.329 e. The minimum Gasteiger partial charge on any atom is -0.451 e. The first kappa shape index (κ1) is 21.1. The number of anilines is 1. The lowest BCUT2D eigenvalue weighted by Crippen LogP contribution is -2.47. The molecule has 0 bridgehead atoms. The summed E-state index contributed by atoms with van der Waals surface area (Å²) in [5.74, 6) is -1.86. The van der Waals surface area contributed by atoms with Crippen LogP contribution in [-0.4, -0.2) is 29.9 Å². The monoisotopic (exact) mass is 399 g/mol. The lowest BCUT2D eigenvalue weighted by Gasteiger charge is -2.22. The van der Waals surface area contributed by atoms with Crippen molar-refractivity contribution in [3.05, 3.63) is 52.2 Å². The SMILES string of the molecule is CC(C)[C@@H](NC(=O)c1cccs1)C(=O)O[C@H](C)C(=O)Nc1ccccc1C#N. The van der Waals surface area contributed by atoms with Gasteiger partial charge < -0.3 is 15.4 Å². The molecule has 0 saturated carbocycles. The van der Waals surface area contributed by atoms with Crippen LogP contribution in [0.25, 0.3) is 0 Å². The van der Waals surface area contributed by atoms with Crippen LogP contribution in [0.3, 0.4) is 0 Å².